The van der Waals surface area contributed by atoms with E-state index in [0.717, 1.165) is 11.1 Å². The fraction of sp³-hybridized carbons (Fsp3) is 0.278. The molecule has 1 amide bonds. The molecular weight excluding hydrogens is 262 g/mol. The quantitative estimate of drug-likeness (QED) is 0.937. The molecule has 0 aromatic heterocycles. The second-order valence-corrected chi connectivity index (χ2v) is 5.45. The third-order valence-electron chi connectivity index (χ3n) is 3.87. The Labute approximate surface area is 125 Å². The number of hydrogen-bond acceptors (Lipinski definition) is 2. The Balaban J connectivity index is 2.58. The predicted octanol–water partition coefficient (Wildman–Crippen LogP) is 2.65. The van der Waals surface area contributed by atoms with Crippen molar-refractivity contribution in [3.8, 4) is 0 Å². The zero-order valence-corrected chi connectivity index (χ0v) is 12.7. The fourth-order valence-corrected chi connectivity index (χ4v) is 2.62. The minimum absolute atomic E-state index is 0.106. The number of nitrogens with zero attached hydrogens (tertiary/aromatic N) is 1. The van der Waals surface area contributed by atoms with Gasteiger partial charge in [0.2, 0.25) is 5.91 Å². The summed E-state index contributed by atoms with van der Waals surface area (Å²) in [4.78, 5) is 13.9. The maximum Gasteiger partial charge on any atom is 0.228 e. The molecule has 2 aromatic carbocycles. The van der Waals surface area contributed by atoms with E-state index in [1.807, 2.05) is 60.7 Å². The van der Waals surface area contributed by atoms with Gasteiger partial charge in [0.05, 0.1) is 5.92 Å². The first-order chi connectivity index (χ1) is 9.98. The van der Waals surface area contributed by atoms with E-state index in [4.69, 9.17) is 0 Å². The van der Waals surface area contributed by atoms with Crippen LogP contribution in [0.1, 0.15) is 18.1 Å². The molecule has 0 heterocycles. The lowest BCUT2D eigenvalue weighted by atomic mass is 9.76. The number of rotatable bonds is 4. The SMILES string of the molecule is C[C@@H](C(=O)N(C)C)C(O)(c1ccccc1)c1ccccc1. The van der Waals surface area contributed by atoms with Gasteiger partial charge in [-0.15, -0.1) is 0 Å². The second-order valence-electron chi connectivity index (χ2n) is 5.45. The van der Waals surface area contributed by atoms with Crippen LogP contribution in [0.4, 0.5) is 0 Å². The van der Waals surface area contributed by atoms with Gasteiger partial charge in [-0.25, -0.2) is 0 Å². The summed E-state index contributed by atoms with van der Waals surface area (Å²) in [5.74, 6) is -0.692. The number of aliphatic hydroxyl groups is 1. The Morgan fingerprint density at radius 1 is 0.952 bits per heavy atom. The first kappa shape index (κ1) is 15.3. The summed E-state index contributed by atoms with van der Waals surface area (Å²) in [5, 5.41) is 11.4. The molecule has 2 aromatic rings. The second kappa shape index (κ2) is 6.10. The number of carbonyl (C=O) groups is 1. The van der Waals surface area contributed by atoms with Gasteiger partial charge >= 0.3 is 0 Å². The highest BCUT2D eigenvalue weighted by Gasteiger charge is 2.41. The van der Waals surface area contributed by atoms with Gasteiger partial charge in [0.25, 0.3) is 0 Å². The van der Waals surface area contributed by atoms with Crippen molar-refractivity contribution >= 4 is 5.91 Å². The minimum Gasteiger partial charge on any atom is -0.380 e. The van der Waals surface area contributed by atoms with E-state index in [-0.39, 0.29) is 5.91 Å². The van der Waals surface area contributed by atoms with E-state index >= 15 is 0 Å². The van der Waals surface area contributed by atoms with Crippen LogP contribution in [0.5, 0.6) is 0 Å². The molecule has 0 radical (unpaired) electrons. The molecule has 0 saturated carbocycles. The Bertz CT molecular complexity index is 554. The summed E-state index contributed by atoms with van der Waals surface area (Å²) in [6.07, 6.45) is 0. The van der Waals surface area contributed by atoms with Gasteiger partial charge in [-0.3, -0.25) is 4.79 Å². The fourth-order valence-electron chi connectivity index (χ4n) is 2.62. The van der Waals surface area contributed by atoms with Crippen LogP contribution < -0.4 is 0 Å². The Morgan fingerprint density at radius 2 is 1.33 bits per heavy atom. The Kier molecular flexibility index (Phi) is 4.43. The van der Waals surface area contributed by atoms with Gasteiger partial charge in [-0.05, 0) is 11.1 Å². The van der Waals surface area contributed by atoms with Gasteiger partial charge in [0, 0.05) is 14.1 Å². The summed E-state index contributed by atoms with van der Waals surface area (Å²) < 4.78 is 0. The first-order valence-corrected chi connectivity index (χ1v) is 7.02. The maximum atomic E-state index is 12.4. The molecule has 0 fully saturated rings. The van der Waals surface area contributed by atoms with E-state index in [1.165, 1.54) is 4.90 Å². The molecule has 21 heavy (non-hydrogen) atoms. The lowest BCUT2D eigenvalue weighted by Crippen LogP contribution is -2.43. The molecule has 0 aliphatic rings. The van der Waals surface area contributed by atoms with Gasteiger partial charge in [0.15, 0.2) is 0 Å². The van der Waals surface area contributed by atoms with Crippen molar-refractivity contribution in [2.24, 2.45) is 5.92 Å². The van der Waals surface area contributed by atoms with E-state index in [9.17, 15) is 9.90 Å². The van der Waals surface area contributed by atoms with Crippen LogP contribution in [0.2, 0.25) is 0 Å². The first-order valence-electron chi connectivity index (χ1n) is 7.02. The number of amides is 1. The van der Waals surface area contributed by atoms with Crippen molar-refractivity contribution < 1.29 is 9.90 Å². The third-order valence-corrected chi connectivity index (χ3v) is 3.87. The molecule has 3 heteroatoms. The normalized spacial score (nSPS) is 12.8. The molecule has 0 saturated heterocycles. The largest absolute Gasteiger partial charge is 0.380 e. The van der Waals surface area contributed by atoms with E-state index in [0.29, 0.717) is 0 Å². The Hall–Kier alpha value is -2.13. The zero-order chi connectivity index (χ0) is 15.5. The molecular formula is C18H21NO2. The summed E-state index contributed by atoms with van der Waals surface area (Å²) >= 11 is 0. The van der Waals surface area contributed by atoms with Crippen LogP contribution >= 0.6 is 0 Å². The highest BCUT2D eigenvalue weighted by atomic mass is 16.3. The van der Waals surface area contributed by atoms with Crippen molar-refractivity contribution in [2.45, 2.75) is 12.5 Å². The topological polar surface area (TPSA) is 40.5 Å². The smallest absolute Gasteiger partial charge is 0.228 e. The molecule has 2 rings (SSSR count). The molecule has 0 aliphatic carbocycles. The van der Waals surface area contributed by atoms with Gasteiger partial charge < -0.3 is 10.0 Å². The summed E-state index contributed by atoms with van der Waals surface area (Å²) in [5.41, 5.74) is 0.0990. The van der Waals surface area contributed by atoms with Crippen LogP contribution in [0, 0.1) is 5.92 Å². The monoisotopic (exact) mass is 283 g/mol. The van der Waals surface area contributed by atoms with Gasteiger partial charge in [-0.2, -0.15) is 0 Å². The van der Waals surface area contributed by atoms with Crippen LogP contribution in [0.15, 0.2) is 60.7 Å². The van der Waals surface area contributed by atoms with E-state index < -0.39 is 11.5 Å². The molecule has 110 valence electrons. The van der Waals surface area contributed by atoms with Crippen molar-refractivity contribution in [3.05, 3.63) is 71.8 Å². The van der Waals surface area contributed by atoms with Crippen LogP contribution in [-0.4, -0.2) is 30.0 Å². The zero-order valence-electron chi connectivity index (χ0n) is 12.7. The van der Waals surface area contributed by atoms with E-state index in [2.05, 4.69) is 0 Å². The van der Waals surface area contributed by atoms with Gasteiger partial charge in [0.1, 0.15) is 5.60 Å². The highest BCUT2D eigenvalue weighted by Crippen LogP contribution is 2.37. The van der Waals surface area contributed by atoms with Gasteiger partial charge in [-0.1, -0.05) is 67.6 Å². The average molecular weight is 283 g/mol. The number of hydrogen-bond donors (Lipinski definition) is 1. The number of benzene rings is 2. The van der Waals surface area contributed by atoms with Crippen molar-refractivity contribution in [1.29, 1.82) is 0 Å². The minimum atomic E-state index is -1.34. The Morgan fingerprint density at radius 3 is 1.67 bits per heavy atom. The maximum absolute atomic E-state index is 12.4. The third kappa shape index (κ3) is 2.83. The molecule has 3 nitrogen and oxygen atoms in total. The lowest BCUT2D eigenvalue weighted by molar-refractivity contribution is -0.139. The molecule has 0 unspecified atom stereocenters. The summed E-state index contributed by atoms with van der Waals surface area (Å²) in [6.45, 7) is 1.77. The van der Waals surface area contributed by atoms with Crippen molar-refractivity contribution in [1.82, 2.24) is 4.90 Å². The van der Waals surface area contributed by atoms with Crippen molar-refractivity contribution in [3.63, 3.8) is 0 Å². The van der Waals surface area contributed by atoms with Crippen LogP contribution in [0.25, 0.3) is 0 Å². The summed E-state index contributed by atoms with van der Waals surface area (Å²) in [7, 11) is 3.41. The summed E-state index contributed by atoms with van der Waals surface area (Å²) in [6, 6.07) is 18.7. The van der Waals surface area contributed by atoms with Crippen molar-refractivity contribution in [2.75, 3.05) is 14.1 Å². The van der Waals surface area contributed by atoms with E-state index in [1.54, 1.807) is 21.0 Å². The van der Waals surface area contributed by atoms with Crippen LogP contribution in [0.3, 0.4) is 0 Å². The average Bonchev–Trinajstić information content (AvgIpc) is 2.54. The lowest BCUT2D eigenvalue weighted by Gasteiger charge is -2.35. The predicted molar refractivity (Wildman–Crippen MR) is 83.7 cm³/mol. The molecule has 0 bridgehead atoms. The standard InChI is InChI=1S/C18H21NO2/c1-14(17(20)19(2)3)18(21,15-10-6-4-7-11-15)16-12-8-5-9-13-16/h4-14,21H,1-3H3/t14-/m0/s1. The molecule has 0 aliphatic heterocycles. The van der Waals surface area contributed by atoms with Crippen LogP contribution in [-0.2, 0) is 10.4 Å². The molecule has 0 spiro atoms. The molecule has 1 atom stereocenters. The molecule has 1 N–H and O–H groups in total. The number of carbonyl (C=O) groups excluding carboxylic acids is 1. The highest BCUT2D eigenvalue weighted by molar-refractivity contribution is 5.80.